The lowest BCUT2D eigenvalue weighted by Gasteiger charge is -2.50. The summed E-state index contributed by atoms with van der Waals surface area (Å²) in [5.41, 5.74) is -1.95. The van der Waals surface area contributed by atoms with Crippen LogP contribution >= 0.6 is 14.3 Å². The van der Waals surface area contributed by atoms with Crippen molar-refractivity contribution in [3.05, 3.63) is 45.4 Å². The minimum Gasteiger partial charge on any atom is -0.504 e. The molecule has 2 rings (SSSR count). The van der Waals surface area contributed by atoms with Crippen molar-refractivity contribution >= 4 is 25.3 Å². The van der Waals surface area contributed by atoms with Gasteiger partial charge in [0.25, 0.3) is 0 Å². The van der Waals surface area contributed by atoms with Gasteiger partial charge in [-0.25, -0.2) is 0 Å². The van der Waals surface area contributed by atoms with Crippen LogP contribution in [0.15, 0.2) is 45.4 Å². The lowest BCUT2D eigenvalue weighted by molar-refractivity contribution is -0.110. The Morgan fingerprint density at radius 3 is 0.808 bits per heavy atom. The van der Waals surface area contributed by atoms with Gasteiger partial charge in [0, 0.05) is 11.1 Å². The molecule has 0 amide bonds. The number of allylic oxidation sites excluding steroid dienone is 6. The molecule has 0 bridgehead atoms. The third-order valence-electron chi connectivity index (χ3n) is 9.48. The van der Waals surface area contributed by atoms with Crippen molar-refractivity contribution in [3.8, 4) is 0 Å². The fourth-order valence-electron chi connectivity index (χ4n) is 7.38. The van der Waals surface area contributed by atoms with E-state index in [9.17, 15) is 28.9 Å². The van der Waals surface area contributed by atoms with Gasteiger partial charge in [-0.05, 0) is 54.5 Å². The van der Waals surface area contributed by atoms with Crippen LogP contribution < -0.4 is 0 Å². The highest BCUT2D eigenvalue weighted by Gasteiger charge is 2.64. The van der Waals surface area contributed by atoms with Gasteiger partial charge in [-0.3, -0.25) is 9.59 Å². The highest BCUT2D eigenvalue weighted by atomic mass is 31.2. The lowest BCUT2D eigenvalue weighted by atomic mass is 9.76. The molecule has 2 N–H and O–H groups in total. The van der Waals surface area contributed by atoms with Crippen LogP contribution in [-0.4, -0.2) is 32.6 Å². The van der Waals surface area contributed by atoms with E-state index in [1.54, 1.807) is 0 Å². The van der Waals surface area contributed by atoms with E-state index in [2.05, 4.69) is 0 Å². The molecule has 0 unspecified atom stereocenters. The fourth-order valence-corrected chi connectivity index (χ4v) is 15.4. The van der Waals surface area contributed by atoms with Crippen LogP contribution in [0, 0.1) is 43.3 Å². The molecule has 4 atom stereocenters. The predicted molar refractivity (Wildman–Crippen MR) is 224 cm³/mol. The molecule has 2 heterocycles. The Bertz CT molecular complexity index is 1520. The minimum absolute atomic E-state index is 0.154. The molecule has 2 aliphatic heterocycles. The zero-order valence-corrected chi connectivity index (χ0v) is 39.5. The minimum atomic E-state index is -3.57. The number of hydrogen-bond donors (Lipinski definition) is 2. The lowest BCUT2D eigenvalue weighted by Crippen LogP contribution is -2.44. The monoisotopic (exact) mass is 765 g/mol. The molecule has 0 spiro atoms. The molecular weight excluding hydrogens is 686 g/mol. The van der Waals surface area contributed by atoms with Crippen LogP contribution in [0.5, 0.6) is 0 Å². The quantitative estimate of drug-likeness (QED) is 0.218. The molecule has 6 nitrogen and oxygen atoms in total. The topological polar surface area (TPSA) is 109 Å². The van der Waals surface area contributed by atoms with Crippen molar-refractivity contribution in [2.24, 2.45) is 43.3 Å². The van der Waals surface area contributed by atoms with Gasteiger partial charge in [-0.1, -0.05) is 178 Å². The van der Waals surface area contributed by atoms with E-state index in [0.29, 0.717) is 11.1 Å². The van der Waals surface area contributed by atoms with E-state index in [0.717, 1.165) is 11.1 Å². The summed E-state index contributed by atoms with van der Waals surface area (Å²) in [6, 6.07) is 0. The van der Waals surface area contributed by atoms with Crippen molar-refractivity contribution in [1.29, 1.82) is 0 Å². The molecule has 0 radical (unpaired) electrons. The van der Waals surface area contributed by atoms with E-state index in [1.807, 2.05) is 178 Å². The van der Waals surface area contributed by atoms with E-state index < -0.39 is 36.4 Å². The summed E-state index contributed by atoms with van der Waals surface area (Å²) in [7, 11) is -7.14. The van der Waals surface area contributed by atoms with Crippen LogP contribution in [0.3, 0.4) is 0 Å². The summed E-state index contributed by atoms with van der Waals surface area (Å²) in [4.78, 5) is 27.2. The van der Waals surface area contributed by atoms with E-state index in [-0.39, 0.29) is 54.5 Å². The Hall–Kier alpha value is -1.64. The molecule has 0 fully saturated rings. The maximum atomic E-state index is 14.0. The number of carbonyl (C=O) groups excluding carboxylic acids is 2. The summed E-state index contributed by atoms with van der Waals surface area (Å²) < 4.78 is 28.0. The summed E-state index contributed by atoms with van der Waals surface area (Å²) in [6.45, 7) is 48.0. The molecule has 0 aliphatic carbocycles. The normalized spacial score (nSPS) is 26.0. The van der Waals surface area contributed by atoms with Gasteiger partial charge < -0.3 is 19.3 Å². The first-order valence-electron chi connectivity index (χ1n) is 18.9. The number of aliphatic hydroxyl groups excluding tert-OH is 2. The average molecular weight is 765 g/mol. The third kappa shape index (κ3) is 9.96. The van der Waals surface area contributed by atoms with Crippen molar-refractivity contribution in [2.75, 3.05) is 0 Å². The zero-order valence-electron chi connectivity index (χ0n) is 37.7. The van der Waals surface area contributed by atoms with Crippen LogP contribution in [0.1, 0.15) is 166 Å². The first kappa shape index (κ1) is 48.4. The fraction of sp³-hybridized carbons (Fsp3) is 0.773. The van der Waals surface area contributed by atoms with Crippen molar-refractivity contribution in [2.45, 2.75) is 177 Å². The second-order valence-corrected chi connectivity index (χ2v) is 29.1. The first-order chi connectivity index (χ1) is 22.3. The summed E-state index contributed by atoms with van der Waals surface area (Å²) in [6.07, 6.45) is 3.86. The molecule has 0 saturated carbocycles. The molecule has 0 aromatic carbocycles. The highest BCUT2D eigenvalue weighted by molar-refractivity contribution is 7.87. The van der Waals surface area contributed by atoms with Crippen molar-refractivity contribution in [1.82, 2.24) is 0 Å². The van der Waals surface area contributed by atoms with E-state index in [1.165, 1.54) is 0 Å². The van der Waals surface area contributed by atoms with Crippen LogP contribution in [0.2, 0.25) is 0 Å². The SMILES string of the molecule is CC(C)(C)/C=C(\C(=O)[P@@]1(=O)C(O)=C(C(C)(C)C)[C@@H]1C(C)(C)C)C(C)(C)C.CC(C)(C)/C=C(\C(=O)[P@@]1(=O)C(O)=C(C(C)(C)C)[C@@H]1C(C)(C)C)C(C)(C)C. The second kappa shape index (κ2) is 14.1. The summed E-state index contributed by atoms with van der Waals surface area (Å²) >= 11 is 0. The van der Waals surface area contributed by atoms with Gasteiger partial charge in [0.2, 0.25) is 25.3 Å². The van der Waals surface area contributed by atoms with Crippen molar-refractivity contribution in [3.63, 3.8) is 0 Å². The number of rotatable bonds is 4. The molecule has 0 aromatic heterocycles. The average Bonchev–Trinajstić information content (AvgIpc) is 2.84. The number of hydrogen-bond acceptors (Lipinski definition) is 6. The van der Waals surface area contributed by atoms with Crippen LogP contribution in [0.25, 0.3) is 0 Å². The molecule has 0 aromatic rings. The largest absolute Gasteiger partial charge is 0.504 e. The van der Waals surface area contributed by atoms with Gasteiger partial charge in [-0.2, -0.15) is 0 Å². The second-order valence-electron chi connectivity index (χ2n) is 23.8. The summed E-state index contributed by atoms with van der Waals surface area (Å²) in [5.74, 6) is 0. The number of carbonyl (C=O) groups is 2. The Morgan fingerprint density at radius 2 is 0.673 bits per heavy atom. The molecule has 300 valence electrons. The van der Waals surface area contributed by atoms with Crippen LogP contribution in [0.4, 0.5) is 0 Å². The van der Waals surface area contributed by atoms with Crippen LogP contribution in [-0.2, 0) is 18.7 Å². The van der Waals surface area contributed by atoms with Gasteiger partial charge in [-0.15, -0.1) is 0 Å². The zero-order chi connectivity index (χ0) is 42.2. The molecular formula is C44H78O6P2. The molecule has 2 aliphatic rings. The third-order valence-corrected chi connectivity index (χ3v) is 16.4. The predicted octanol–water partition coefficient (Wildman–Crippen LogP) is 14.3. The first-order valence-corrected chi connectivity index (χ1v) is 22.5. The molecule has 0 saturated heterocycles. The van der Waals surface area contributed by atoms with Gasteiger partial charge in [0.15, 0.2) is 11.0 Å². The van der Waals surface area contributed by atoms with Gasteiger partial charge >= 0.3 is 0 Å². The smallest absolute Gasteiger partial charge is 0.225 e. The van der Waals surface area contributed by atoms with E-state index in [4.69, 9.17) is 0 Å². The molecule has 52 heavy (non-hydrogen) atoms. The Labute approximate surface area is 319 Å². The highest BCUT2D eigenvalue weighted by Crippen LogP contribution is 2.78. The Morgan fingerprint density at radius 1 is 0.462 bits per heavy atom. The Balaban J connectivity index is 0.000000520. The molecule has 8 heteroatoms. The Kier molecular flexibility index (Phi) is 13.2. The maximum absolute atomic E-state index is 14.0. The van der Waals surface area contributed by atoms with E-state index >= 15 is 0 Å². The summed E-state index contributed by atoms with van der Waals surface area (Å²) in [5, 5.41) is 21.7. The number of aliphatic hydroxyl groups is 2. The maximum Gasteiger partial charge on any atom is 0.225 e. The van der Waals surface area contributed by atoms with Gasteiger partial charge in [0.1, 0.15) is 0 Å². The standard InChI is InChI=1S/2C22H39O3P/c2*1-19(2,3)13-14(20(4,5)6)17(23)26(25)16(22(10,11)12)15(18(26)24)21(7,8)9/h2*13,16,24H,1-12H3/b2*14-13+/t2*16-,26-/m11/s1. The van der Waals surface area contributed by atoms with Gasteiger partial charge in [0.05, 0.1) is 11.3 Å². The van der Waals surface area contributed by atoms with Crippen molar-refractivity contribution < 1.29 is 28.9 Å².